The van der Waals surface area contributed by atoms with Gasteiger partial charge in [0.2, 0.25) is 0 Å². The number of carbonyl (C=O) groups excluding carboxylic acids is 2. The Labute approximate surface area is 174 Å². The number of aliphatic hydroxyl groups is 1. The van der Waals surface area contributed by atoms with Crippen LogP contribution in [0.3, 0.4) is 0 Å². The van der Waals surface area contributed by atoms with Crippen LogP contribution >= 0.6 is 0 Å². The summed E-state index contributed by atoms with van der Waals surface area (Å²) in [5.74, 6) is 0.755. The molecule has 0 saturated carbocycles. The van der Waals surface area contributed by atoms with Gasteiger partial charge in [-0.1, -0.05) is 45.9 Å². The third-order valence-corrected chi connectivity index (χ3v) is 6.93. The highest BCUT2D eigenvalue weighted by Gasteiger charge is 2.42. The van der Waals surface area contributed by atoms with E-state index < -0.39 is 6.10 Å². The van der Waals surface area contributed by atoms with Crippen molar-refractivity contribution in [2.75, 3.05) is 0 Å². The molecular weight excluding hydrogens is 368 g/mol. The molecule has 162 valence electrons. The second kappa shape index (κ2) is 9.46. The Morgan fingerprint density at radius 3 is 2.76 bits per heavy atom. The first-order valence-corrected chi connectivity index (χ1v) is 11.3. The molecule has 3 aliphatic rings. The molecule has 0 unspecified atom stereocenters. The largest absolute Gasteiger partial charge is 0.462 e. The molecule has 2 aliphatic carbocycles. The van der Waals surface area contributed by atoms with E-state index in [-0.39, 0.29) is 42.4 Å². The molecule has 5 heteroatoms. The van der Waals surface area contributed by atoms with Gasteiger partial charge in [-0.05, 0) is 49.0 Å². The molecule has 0 amide bonds. The Bertz CT molecular complexity index is 666. The first-order valence-electron chi connectivity index (χ1n) is 11.3. The van der Waals surface area contributed by atoms with E-state index in [9.17, 15) is 14.7 Å². The lowest BCUT2D eigenvalue weighted by atomic mass is 9.65. The number of cyclic esters (lactones) is 1. The van der Waals surface area contributed by atoms with Crippen molar-refractivity contribution in [1.29, 1.82) is 0 Å². The lowest BCUT2D eigenvalue weighted by molar-refractivity contribution is -0.162. The van der Waals surface area contributed by atoms with Gasteiger partial charge in [-0.15, -0.1) is 0 Å². The smallest absolute Gasteiger partial charge is 0.308 e. The fraction of sp³-hybridized carbons (Fsp3) is 0.750. The zero-order chi connectivity index (χ0) is 21.1. The molecule has 29 heavy (non-hydrogen) atoms. The Morgan fingerprint density at radius 2 is 2.07 bits per heavy atom. The third kappa shape index (κ3) is 5.30. The summed E-state index contributed by atoms with van der Waals surface area (Å²) in [4.78, 5) is 24.2. The SMILES string of the molecule is CC[C@H](C)C(=O)O[C@@H]1C[C@H](C)C=C2C=C[C@@H](C)[C@@H](CC[C@@H]3C[C@@H](O)CC(=O)O3)[C@@H]21. The molecular formula is C24H36O5. The van der Waals surface area contributed by atoms with E-state index in [1.165, 1.54) is 5.57 Å². The van der Waals surface area contributed by atoms with Crippen LogP contribution in [0.4, 0.5) is 0 Å². The normalized spacial score (nSPS) is 37.9. The molecule has 8 atom stereocenters. The van der Waals surface area contributed by atoms with Gasteiger partial charge in [0, 0.05) is 12.3 Å². The highest BCUT2D eigenvalue weighted by atomic mass is 16.5. The zero-order valence-corrected chi connectivity index (χ0v) is 18.2. The fourth-order valence-electron chi connectivity index (χ4n) is 5.07. The van der Waals surface area contributed by atoms with Crippen LogP contribution in [0, 0.1) is 29.6 Å². The fourth-order valence-corrected chi connectivity index (χ4v) is 5.07. The minimum absolute atomic E-state index is 0.0854. The van der Waals surface area contributed by atoms with Gasteiger partial charge < -0.3 is 14.6 Å². The summed E-state index contributed by atoms with van der Waals surface area (Å²) in [7, 11) is 0. The number of esters is 2. The summed E-state index contributed by atoms with van der Waals surface area (Å²) in [5, 5.41) is 9.89. The maximum absolute atomic E-state index is 12.5. The standard InChI is InChI=1S/C24H36O5/c1-5-15(3)24(27)29-21-11-14(2)10-17-7-6-16(4)20(23(17)21)9-8-19-12-18(25)13-22(26)28-19/h6-7,10,14-16,18-21,23,25H,5,8-9,11-13H2,1-4H3/t14-,15+,16-,18-,19-,20-,21-,23-/m1/s1. The van der Waals surface area contributed by atoms with Crippen molar-refractivity contribution in [3.8, 4) is 0 Å². The third-order valence-electron chi connectivity index (χ3n) is 6.93. The maximum Gasteiger partial charge on any atom is 0.308 e. The second-order valence-electron chi connectivity index (χ2n) is 9.36. The Hall–Kier alpha value is -1.62. The average molecular weight is 405 g/mol. The molecule has 0 aromatic rings. The van der Waals surface area contributed by atoms with Crippen molar-refractivity contribution in [3.63, 3.8) is 0 Å². The van der Waals surface area contributed by atoms with Gasteiger partial charge in [0.25, 0.3) is 0 Å². The van der Waals surface area contributed by atoms with Crippen LogP contribution in [0.5, 0.6) is 0 Å². The number of allylic oxidation sites excluding steroid dienone is 3. The van der Waals surface area contributed by atoms with E-state index in [0.29, 0.717) is 24.2 Å². The highest BCUT2D eigenvalue weighted by Crippen LogP contribution is 2.45. The van der Waals surface area contributed by atoms with Gasteiger partial charge in [0.15, 0.2) is 0 Å². The summed E-state index contributed by atoms with van der Waals surface area (Å²) in [6.45, 7) is 8.33. The van der Waals surface area contributed by atoms with Crippen LogP contribution in [0.1, 0.15) is 66.2 Å². The van der Waals surface area contributed by atoms with Crippen molar-refractivity contribution < 1.29 is 24.2 Å². The van der Waals surface area contributed by atoms with E-state index >= 15 is 0 Å². The maximum atomic E-state index is 12.5. The predicted molar refractivity (Wildman–Crippen MR) is 111 cm³/mol. The molecule has 0 aromatic heterocycles. The van der Waals surface area contributed by atoms with Crippen LogP contribution in [0.25, 0.3) is 0 Å². The van der Waals surface area contributed by atoms with Crippen LogP contribution < -0.4 is 0 Å². The second-order valence-corrected chi connectivity index (χ2v) is 9.36. The molecule has 1 saturated heterocycles. The summed E-state index contributed by atoms with van der Waals surface area (Å²) < 4.78 is 11.5. The summed E-state index contributed by atoms with van der Waals surface area (Å²) >= 11 is 0. The lowest BCUT2D eigenvalue weighted by Crippen LogP contribution is -2.42. The topological polar surface area (TPSA) is 72.8 Å². The van der Waals surface area contributed by atoms with Gasteiger partial charge in [-0.2, -0.15) is 0 Å². The van der Waals surface area contributed by atoms with Gasteiger partial charge in [-0.3, -0.25) is 9.59 Å². The highest BCUT2D eigenvalue weighted by molar-refractivity contribution is 5.72. The van der Waals surface area contributed by atoms with Gasteiger partial charge in [-0.25, -0.2) is 0 Å². The van der Waals surface area contributed by atoms with E-state index in [1.807, 2.05) is 13.8 Å². The van der Waals surface area contributed by atoms with E-state index in [0.717, 1.165) is 25.7 Å². The molecule has 1 fully saturated rings. The predicted octanol–water partition coefficient (Wildman–Crippen LogP) is 4.20. The van der Waals surface area contributed by atoms with Gasteiger partial charge in [0.05, 0.1) is 18.4 Å². The van der Waals surface area contributed by atoms with E-state index in [4.69, 9.17) is 9.47 Å². The van der Waals surface area contributed by atoms with Crippen molar-refractivity contribution in [3.05, 3.63) is 23.8 Å². The Balaban J connectivity index is 1.74. The van der Waals surface area contributed by atoms with Crippen LogP contribution in [0.15, 0.2) is 23.8 Å². The lowest BCUT2D eigenvalue weighted by Gasteiger charge is -2.43. The average Bonchev–Trinajstić information content (AvgIpc) is 2.65. The van der Waals surface area contributed by atoms with Crippen LogP contribution in [-0.2, 0) is 19.1 Å². The Morgan fingerprint density at radius 1 is 1.31 bits per heavy atom. The first-order chi connectivity index (χ1) is 13.8. The minimum atomic E-state index is -0.597. The van der Waals surface area contributed by atoms with Crippen molar-refractivity contribution in [2.24, 2.45) is 29.6 Å². The number of hydrogen-bond donors (Lipinski definition) is 1. The molecule has 1 aliphatic heterocycles. The summed E-state index contributed by atoms with van der Waals surface area (Å²) in [5.41, 5.74) is 1.27. The van der Waals surface area contributed by atoms with Crippen molar-refractivity contribution in [1.82, 2.24) is 0 Å². The van der Waals surface area contributed by atoms with Crippen LogP contribution in [0.2, 0.25) is 0 Å². The number of rotatable bonds is 6. The molecule has 0 radical (unpaired) electrons. The molecule has 5 nitrogen and oxygen atoms in total. The van der Waals surface area contributed by atoms with E-state index in [2.05, 4.69) is 32.1 Å². The molecule has 3 rings (SSSR count). The molecule has 0 spiro atoms. The van der Waals surface area contributed by atoms with Crippen molar-refractivity contribution in [2.45, 2.75) is 84.5 Å². The molecule has 0 aromatic carbocycles. The number of carbonyl (C=O) groups is 2. The zero-order valence-electron chi connectivity index (χ0n) is 18.2. The van der Waals surface area contributed by atoms with Crippen molar-refractivity contribution >= 4 is 11.9 Å². The Kier molecular flexibility index (Phi) is 7.20. The molecule has 1 heterocycles. The quantitative estimate of drug-likeness (QED) is 0.672. The molecule has 1 N–H and O–H groups in total. The number of aliphatic hydroxyl groups excluding tert-OH is 1. The first kappa shape index (κ1) is 22.1. The monoisotopic (exact) mass is 404 g/mol. The summed E-state index contributed by atoms with van der Waals surface area (Å²) in [6.07, 6.45) is 9.70. The number of ether oxygens (including phenoxy) is 2. The summed E-state index contributed by atoms with van der Waals surface area (Å²) in [6, 6.07) is 0. The minimum Gasteiger partial charge on any atom is -0.462 e. The number of fused-ring (bicyclic) bond motifs is 1. The molecule has 0 bridgehead atoms. The number of hydrogen-bond acceptors (Lipinski definition) is 5. The van der Waals surface area contributed by atoms with Crippen LogP contribution in [-0.4, -0.2) is 35.4 Å². The van der Waals surface area contributed by atoms with Gasteiger partial charge in [0.1, 0.15) is 12.2 Å². The van der Waals surface area contributed by atoms with E-state index in [1.54, 1.807) is 0 Å². The van der Waals surface area contributed by atoms with Gasteiger partial charge >= 0.3 is 11.9 Å².